The number of aliphatic carboxylic acids is 1. The van der Waals surface area contributed by atoms with Crippen LogP contribution in [0.25, 0.3) is 0 Å². The fourth-order valence-electron chi connectivity index (χ4n) is 1.02. The molecule has 1 atom stereocenters. The standard InChI is InChI=1S/C10H10ClFN2O3/c1-5(9(15)16)13-10(17)14-7-4-2-3-6(11)8(7)12/h2-5H,1H3,(H,15,16)(H2,13,14,17)/t5-/m0/s1. The molecule has 0 radical (unpaired) electrons. The highest BCUT2D eigenvalue weighted by atomic mass is 35.5. The first-order valence-corrected chi connectivity index (χ1v) is 5.04. The molecule has 0 unspecified atom stereocenters. The van der Waals surface area contributed by atoms with E-state index in [4.69, 9.17) is 16.7 Å². The molecule has 0 bridgehead atoms. The van der Waals surface area contributed by atoms with Gasteiger partial charge in [0.2, 0.25) is 0 Å². The van der Waals surface area contributed by atoms with E-state index in [2.05, 4.69) is 10.6 Å². The highest BCUT2D eigenvalue weighted by Crippen LogP contribution is 2.21. The van der Waals surface area contributed by atoms with Crippen molar-refractivity contribution in [2.24, 2.45) is 0 Å². The molecule has 1 rings (SSSR count). The molecule has 0 fully saturated rings. The number of carboxylic acids is 1. The van der Waals surface area contributed by atoms with Gasteiger partial charge in [0.1, 0.15) is 6.04 Å². The van der Waals surface area contributed by atoms with Gasteiger partial charge in [0.25, 0.3) is 0 Å². The Morgan fingerprint density at radius 1 is 1.47 bits per heavy atom. The molecule has 0 saturated heterocycles. The number of rotatable bonds is 3. The third kappa shape index (κ3) is 3.60. The van der Waals surface area contributed by atoms with Crippen LogP contribution in [0, 0.1) is 5.82 Å². The van der Waals surface area contributed by atoms with Crippen LogP contribution in [0.15, 0.2) is 18.2 Å². The number of halogens is 2. The Labute approximate surface area is 102 Å². The monoisotopic (exact) mass is 260 g/mol. The van der Waals surface area contributed by atoms with Gasteiger partial charge in [0.15, 0.2) is 5.82 Å². The van der Waals surface area contributed by atoms with Gasteiger partial charge < -0.3 is 15.7 Å². The van der Waals surface area contributed by atoms with Crippen molar-refractivity contribution in [1.82, 2.24) is 5.32 Å². The largest absolute Gasteiger partial charge is 0.480 e. The number of nitrogens with one attached hydrogen (secondary N) is 2. The molecule has 3 N–H and O–H groups in total. The zero-order valence-electron chi connectivity index (χ0n) is 8.83. The summed E-state index contributed by atoms with van der Waals surface area (Å²) in [5, 5.41) is 12.7. The highest BCUT2D eigenvalue weighted by Gasteiger charge is 2.15. The maximum Gasteiger partial charge on any atom is 0.325 e. The normalized spacial score (nSPS) is 11.7. The zero-order chi connectivity index (χ0) is 13.0. The predicted octanol–water partition coefficient (Wildman–Crippen LogP) is 2.07. The van der Waals surface area contributed by atoms with Crippen LogP contribution in [0.4, 0.5) is 14.9 Å². The average molecular weight is 261 g/mol. The summed E-state index contributed by atoms with van der Waals surface area (Å²) < 4.78 is 13.4. The average Bonchev–Trinajstić information content (AvgIpc) is 2.24. The molecule has 92 valence electrons. The molecule has 7 heteroatoms. The summed E-state index contributed by atoms with van der Waals surface area (Å²) in [4.78, 5) is 21.8. The van der Waals surface area contributed by atoms with Gasteiger partial charge in [0, 0.05) is 0 Å². The first-order chi connectivity index (χ1) is 7.91. The minimum atomic E-state index is -1.19. The molecule has 1 aromatic rings. The van der Waals surface area contributed by atoms with Crippen molar-refractivity contribution in [3.8, 4) is 0 Å². The van der Waals surface area contributed by atoms with E-state index >= 15 is 0 Å². The number of carbonyl (C=O) groups is 2. The fourth-order valence-corrected chi connectivity index (χ4v) is 1.19. The Morgan fingerprint density at radius 3 is 2.71 bits per heavy atom. The number of carboxylic acid groups (broad SMARTS) is 1. The molecule has 0 aliphatic carbocycles. The maximum atomic E-state index is 13.4. The van der Waals surface area contributed by atoms with E-state index in [9.17, 15) is 14.0 Å². The van der Waals surface area contributed by atoms with Crippen molar-refractivity contribution in [2.45, 2.75) is 13.0 Å². The highest BCUT2D eigenvalue weighted by molar-refractivity contribution is 6.31. The summed E-state index contributed by atoms with van der Waals surface area (Å²) >= 11 is 5.51. The fraction of sp³-hybridized carbons (Fsp3) is 0.200. The Balaban J connectivity index is 2.69. The quantitative estimate of drug-likeness (QED) is 0.778. The molecule has 0 heterocycles. The molecule has 0 aliphatic heterocycles. The van der Waals surface area contributed by atoms with Crippen LogP contribution < -0.4 is 10.6 Å². The van der Waals surface area contributed by atoms with Gasteiger partial charge in [0.05, 0.1) is 10.7 Å². The zero-order valence-corrected chi connectivity index (χ0v) is 9.58. The first-order valence-electron chi connectivity index (χ1n) is 4.66. The van der Waals surface area contributed by atoms with Crippen LogP contribution in [0.3, 0.4) is 0 Å². The van der Waals surface area contributed by atoms with Crippen molar-refractivity contribution in [3.05, 3.63) is 29.0 Å². The van der Waals surface area contributed by atoms with Crippen LogP contribution in [-0.4, -0.2) is 23.1 Å². The van der Waals surface area contributed by atoms with Crippen LogP contribution in [0.1, 0.15) is 6.92 Å². The molecule has 5 nitrogen and oxygen atoms in total. The number of anilines is 1. The number of hydrogen-bond acceptors (Lipinski definition) is 2. The van der Waals surface area contributed by atoms with Gasteiger partial charge in [-0.3, -0.25) is 4.79 Å². The van der Waals surface area contributed by atoms with Crippen LogP contribution in [0.5, 0.6) is 0 Å². The van der Waals surface area contributed by atoms with Crippen LogP contribution >= 0.6 is 11.6 Å². The second-order valence-corrected chi connectivity index (χ2v) is 3.67. The smallest absolute Gasteiger partial charge is 0.325 e. The number of carbonyl (C=O) groups excluding carboxylic acids is 1. The lowest BCUT2D eigenvalue weighted by Crippen LogP contribution is -2.41. The van der Waals surface area contributed by atoms with E-state index in [1.807, 2.05) is 0 Å². The minimum absolute atomic E-state index is 0.118. The van der Waals surface area contributed by atoms with E-state index in [-0.39, 0.29) is 10.7 Å². The third-order valence-corrected chi connectivity index (χ3v) is 2.21. The van der Waals surface area contributed by atoms with E-state index in [0.29, 0.717) is 0 Å². The number of hydrogen-bond donors (Lipinski definition) is 3. The van der Waals surface area contributed by atoms with E-state index in [0.717, 1.165) is 0 Å². The van der Waals surface area contributed by atoms with E-state index < -0.39 is 23.9 Å². The lowest BCUT2D eigenvalue weighted by Gasteiger charge is -2.11. The Hall–Kier alpha value is -1.82. The van der Waals surface area contributed by atoms with Gasteiger partial charge in [-0.2, -0.15) is 0 Å². The molecule has 1 aromatic carbocycles. The summed E-state index contributed by atoms with van der Waals surface area (Å²) in [6, 6.07) is 2.21. The van der Waals surface area contributed by atoms with E-state index in [1.165, 1.54) is 25.1 Å². The van der Waals surface area contributed by atoms with Crippen molar-refractivity contribution in [1.29, 1.82) is 0 Å². The lowest BCUT2D eigenvalue weighted by molar-refractivity contribution is -0.138. The molecule has 0 spiro atoms. The first kappa shape index (κ1) is 13.2. The Bertz CT molecular complexity index is 453. The molecule has 0 aliphatic rings. The summed E-state index contributed by atoms with van der Waals surface area (Å²) in [5.41, 5.74) is -0.118. The molecule has 0 saturated carbocycles. The number of benzene rings is 1. The van der Waals surface area contributed by atoms with Crippen molar-refractivity contribution >= 4 is 29.3 Å². The molecular weight excluding hydrogens is 251 g/mol. The lowest BCUT2D eigenvalue weighted by atomic mass is 10.3. The van der Waals surface area contributed by atoms with Gasteiger partial charge in [-0.1, -0.05) is 17.7 Å². The Kier molecular flexibility index (Phi) is 4.28. The summed E-state index contributed by atoms with van der Waals surface area (Å²) in [7, 11) is 0. The SMILES string of the molecule is C[C@H](NC(=O)Nc1cccc(Cl)c1F)C(=O)O. The maximum absolute atomic E-state index is 13.4. The second kappa shape index (κ2) is 5.49. The van der Waals surface area contributed by atoms with E-state index in [1.54, 1.807) is 0 Å². The molecule has 17 heavy (non-hydrogen) atoms. The number of amides is 2. The van der Waals surface area contributed by atoms with Crippen molar-refractivity contribution < 1.29 is 19.1 Å². The topological polar surface area (TPSA) is 78.4 Å². The molecular formula is C10H10ClFN2O3. The van der Waals surface area contributed by atoms with Gasteiger partial charge in [-0.15, -0.1) is 0 Å². The van der Waals surface area contributed by atoms with Crippen LogP contribution in [0.2, 0.25) is 5.02 Å². The second-order valence-electron chi connectivity index (χ2n) is 3.26. The predicted molar refractivity (Wildman–Crippen MR) is 60.7 cm³/mol. The van der Waals surface area contributed by atoms with Crippen molar-refractivity contribution in [2.75, 3.05) is 5.32 Å². The summed E-state index contributed by atoms with van der Waals surface area (Å²) in [5.74, 6) is -1.96. The summed E-state index contributed by atoms with van der Waals surface area (Å²) in [6.07, 6.45) is 0. The third-order valence-electron chi connectivity index (χ3n) is 1.92. The Morgan fingerprint density at radius 2 is 2.12 bits per heavy atom. The van der Waals surface area contributed by atoms with Gasteiger partial charge >= 0.3 is 12.0 Å². The molecule has 0 aromatic heterocycles. The van der Waals surface area contributed by atoms with Crippen LogP contribution in [-0.2, 0) is 4.79 Å². The van der Waals surface area contributed by atoms with Crippen molar-refractivity contribution in [3.63, 3.8) is 0 Å². The summed E-state index contributed by atoms with van der Waals surface area (Å²) in [6.45, 7) is 1.29. The molecule has 2 amide bonds. The minimum Gasteiger partial charge on any atom is -0.480 e. The van der Waals surface area contributed by atoms with Gasteiger partial charge in [-0.05, 0) is 19.1 Å². The van der Waals surface area contributed by atoms with Gasteiger partial charge in [-0.25, -0.2) is 9.18 Å². The number of urea groups is 1.